The highest BCUT2D eigenvalue weighted by atomic mass is 32.1. The molecule has 0 saturated carbocycles. The molecule has 0 radical (unpaired) electrons. The highest BCUT2D eigenvalue weighted by Crippen LogP contribution is 2.22. The Kier molecular flexibility index (Phi) is 3.21. The Labute approximate surface area is 93.6 Å². The third-order valence-electron chi connectivity index (χ3n) is 2.39. The van der Waals surface area contributed by atoms with Crippen LogP contribution < -0.4 is 0 Å². The minimum Gasteiger partial charge on any atom is -0.490 e. The normalized spacial score (nSPS) is 15.7. The lowest BCUT2D eigenvalue weighted by Crippen LogP contribution is -2.10. The van der Waals surface area contributed by atoms with Crippen LogP contribution in [0.2, 0.25) is 0 Å². The number of hydrogen-bond donors (Lipinski definition) is 0. The molecule has 0 bridgehead atoms. The minimum absolute atomic E-state index is 0.0411. The van der Waals surface area contributed by atoms with Crippen LogP contribution >= 0.6 is 11.3 Å². The average Bonchev–Trinajstić information content (AvgIpc) is 2.78. The topological polar surface area (TPSA) is 26.3 Å². The molecule has 0 spiro atoms. The van der Waals surface area contributed by atoms with Gasteiger partial charge in [0.1, 0.15) is 0 Å². The van der Waals surface area contributed by atoms with Gasteiger partial charge in [-0.05, 0) is 37.5 Å². The first-order chi connectivity index (χ1) is 7.31. The van der Waals surface area contributed by atoms with Crippen molar-refractivity contribution >= 4 is 17.1 Å². The molecule has 2 heterocycles. The largest absolute Gasteiger partial charge is 0.490 e. The molecule has 1 aromatic rings. The number of rotatable bonds is 3. The Balaban J connectivity index is 2.16. The number of carbonyl (C=O) groups is 1. The van der Waals surface area contributed by atoms with E-state index in [2.05, 4.69) is 6.92 Å². The second-order valence-electron chi connectivity index (χ2n) is 3.51. The summed E-state index contributed by atoms with van der Waals surface area (Å²) in [5, 5.41) is 0. The Morgan fingerprint density at radius 1 is 1.53 bits per heavy atom. The van der Waals surface area contributed by atoms with Gasteiger partial charge in [-0.15, -0.1) is 11.3 Å². The zero-order chi connectivity index (χ0) is 10.7. The van der Waals surface area contributed by atoms with Crippen molar-refractivity contribution in [3.63, 3.8) is 0 Å². The van der Waals surface area contributed by atoms with E-state index in [1.54, 1.807) is 11.3 Å². The predicted molar refractivity (Wildman–Crippen MR) is 61.3 cm³/mol. The summed E-state index contributed by atoms with van der Waals surface area (Å²) in [5.41, 5.74) is 0. The summed E-state index contributed by atoms with van der Waals surface area (Å²) < 4.78 is 5.36. The van der Waals surface area contributed by atoms with Crippen molar-refractivity contribution in [2.45, 2.75) is 26.2 Å². The SMILES string of the molecule is CCc1ccc(C(=O)C2=CCCCO2)s1. The standard InChI is InChI=1S/C12H14O2S/c1-2-9-6-7-11(15-9)12(13)10-5-3-4-8-14-10/h5-7H,2-4,8H2,1H3. The number of thiophene rings is 1. The van der Waals surface area contributed by atoms with Crippen LogP contribution in [0.4, 0.5) is 0 Å². The van der Waals surface area contributed by atoms with Crippen molar-refractivity contribution in [3.8, 4) is 0 Å². The van der Waals surface area contributed by atoms with Crippen LogP contribution in [0, 0.1) is 0 Å². The van der Waals surface area contributed by atoms with Gasteiger partial charge in [-0.25, -0.2) is 0 Å². The van der Waals surface area contributed by atoms with Crippen LogP contribution in [0.3, 0.4) is 0 Å². The van der Waals surface area contributed by atoms with Gasteiger partial charge in [0.2, 0.25) is 5.78 Å². The van der Waals surface area contributed by atoms with Gasteiger partial charge in [-0.2, -0.15) is 0 Å². The smallest absolute Gasteiger partial charge is 0.237 e. The number of Topliss-reactive ketones (excluding diaryl/α,β-unsaturated/α-hetero) is 1. The number of hydrogen-bond acceptors (Lipinski definition) is 3. The lowest BCUT2D eigenvalue weighted by molar-refractivity contribution is 0.0903. The van der Waals surface area contributed by atoms with Gasteiger partial charge in [-0.1, -0.05) is 6.92 Å². The molecule has 2 nitrogen and oxygen atoms in total. The van der Waals surface area contributed by atoms with E-state index < -0.39 is 0 Å². The molecule has 0 fully saturated rings. The molecule has 1 aromatic heterocycles. The van der Waals surface area contributed by atoms with E-state index in [1.165, 1.54) is 4.88 Å². The maximum atomic E-state index is 11.9. The van der Waals surface area contributed by atoms with Crippen molar-refractivity contribution in [3.05, 3.63) is 33.7 Å². The molecule has 2 rings (SSSR count). The number of ether oxygens (including phenoxy) is 1. The van der Waals surface area contributed by atoms with Crippen LogP contribution in [0.5, 0.6) is 0 Å². The van der Waals surface area contributed by atoms with Crippen molar-refractivity contribution in [2.75, 3.05) is 6.61 Å². The fourth-order valence-electron chi connectivity index (χ4n) is 1.53. The van der Waals surface area contributed by atoms with E-state index in [9.17, 15) is 4.79 Å². The highest BCUT2D eigenvalue weighted by molar-refractivity contribution is 7.14. The summed E-state index contributed by atoms with van der Waals surface area (Å²) >= 11 is 1.56. The van der Waals surface area contributed by atoms with Gasteiger partial charge in [-0.3, -0.25) is 4.79 Å². The van der Waals surface area contributed by atoms with Gasteiger partial charge in [0.25, 0.3) is 0 Å². The summed E-state index contributed by atoms with van der Waals surface area (Å²) in [6, 6.07) is 3.91. The van der Waals surface area contributed by atoms with Gasteiger partial charge in [0.15, 0.2) is 5.76 Å². The van der Waals surface area contributed by atoms with Crippen LogP contribution in [-0.2, 0) is 11.2 Å². The summed E-state index contributed by atoms with van der Waals surface area (Å²) in [4.78, 5) is 14.0. The summed E-state index contributed by atoms with van der Waals surface area (Å²) in [5.74, 6) is 0.574. The van der Waals surface area contributed by atoms with E-state index in [0.29, 0.717) is 12.4 Å². The maximum Gasteiger partial charge on any atom is 0.237 e. The molecule has 0 N–H and O–H groups in total. The van der Waals surface area contributed by atoms with Crippen LogP contribution in [-0.4, -0.2) is 12.4 Å². The Morgan fingerprint density at radius 2 is 2.40 bits per heavy atom. The Hall–Kier alpha value is -1.09. The Bertz CT molecular complexity index is 390. The monoisotopic (exact) mass is 222 g/mol. The molecule has 0 unspecified atom stereocenters. The van der Waals surface area contributed by atoms with Gasteiger partial charge >= 0.3 is 0 Å². The van der Waals surface area contributed by atoms with Crippen molar-refractivity contribution in [2.24, 2.45) is 0 Å². The lowest BCUT2D eigenvalue weighted by atomic mass is 10.2. The number of carbonyl (C=O) groups excluding carboxylic acids is 1. The first-order valence-electron chi connectivity index (χ1n) is 5.27. The first kappa shape index (κ1) is 10.4. The summed E-state index contributed by atoms with van der Waals surface area (Å²) in [7, 11) is 0. The molecule has 1 aliphatic rings. The lowest BCUT2D eigenvalue weighted by Gasteiger charge is -2.12. The summed E-state index contributed by atoms with van der Waals surface area (Å²) in [6.07, 6.45) is 4.85. The predicted octanol–water partition coefficient (Wildman–Crippen LogP) is 3.19. The van der Waals surface area contributed by atoms with Crippen molar-refractivity contribution < 1.29 is 9.53 Å². The fourth-order valence-corrected chi connectivity index (χ4v) is 2.42. The maximum absolute atomic E-state index is 11.9. The van der Waals surface area contributed by atoms with Gasteiger partial charge in [0.05, 0.1) is 11.5 Å². The fraction of sp³-hybridized carbons (Fsp3) is 0.417. The van der Waals surface area contributed by atoms with Gasteiger partial charge in [0, 0.05) is 4.88 Å². The third kappa shape index (κ3) is 2.29. The molecule has 0 amide bonds. The zero-order valence-electron chi connectivity index (χ0n) is 8.79. The summed E-state index contributed by atoms with van der Waals surface area (Å²) in [6.45, 7) is 2.76. The van der Waals surface area contributed by atoms with Gasteiger partial charge < -0.3 is 4.74 Å². The highest BCUT2D eigenvalue weighted by Gasteiger charge is 2.17. The second-order valence-corrected chi connectivity index (χ2v) is 4.68. The molecular weight excluding hydrogens is 208 g/mol. The van der Waals surface area contributed by atoms with E-state index >= 15 is 0 Å². The van der Waals surface area contributed by atoms with E-state index in [-0.39, 0.29) is 5.78 Å². The zero-order valence-corrected chi connectivity index (χ0v) is 9.60. The van der Waals surface area contributed by atoms with Crippen molar-refractivity contribution in [1.29, 1.82) is 0 Å². The molecule has 15 heavy (non-hydrogen) atoms. The molecule has 0 atom stereocenters. The molecule has 80 valence electrons. The van der Waals surface area contributed by atoms with Crippen LogP contribution in [0.1, 0.15) is 34.3 Å². The quantitative estimate of drug-likeness (QED) is 0.734. The molecular formula is C12H14O2S. The van der Waals surface area contributed by atoms with Crippen LogP contribution in [0.25, 0.3) is 0 Å². The minimum atomic E-state index is 0.0411. The Morgan fingerprint density at radius 3 is 3.00 bits per heavy atom. The molecule has 0 aliphatic carbocycles. The average molecular weight is 222 g/mol. The number of ketones is 1. The van der Waals surface area contributed by atoms with E-state index in [0.717, 1.165) is 24.1 Å². The molecule has 0 saturated heterocycles. The van der Waals surface area contributed by atoms with E-state index in [4.69, 9.17) is 4.74 Å². The van der Waals surface area contributed by atoms with E-state index in [1.807, 2.05) is 18.2 Å². The first-order valence-corrected chi connectivity index (χ1v) is 6.09. The molecule has 3 heteroatoms. The number of aryl methyl sites for hydroxylation is 1. The second kappa shape index (κ2) is 4.62. The molecule has 0 aromatic carbocycles. The third-order valence-corrected chi connectivity index (χ3v) is 3.62. The van der Waals surface area contributed by atoms with Crippen molar-refractivity contribution in [1.82, 2.24) is 0 Å². The van der Waals surface area contributed by atoms with Crippen LogP contribution in [0.15, 0.2) is 24.0 Å². The number of allylic oxidation sites excluding steroid dienone is 2. The molecule has 1 aliphatic heterocycles.